The summed E-state index contributed by atoms with van der Waals surface area (Å²) in [5.74, 6) is 1.59. The number of rotatable bonds is 3. The molecule has 0 spiro atoms. The van der Waals surface area contributed by atoms with Crippen LogP contribution < -0.4 is 0 Å². The van der Waals surface area contributed by atoms with Crippen molar-refractivity contribution in [3.63, 3.8) is 0 Å². The molecule has 0 N–H and O–H groups in total. The Morgan fingerprint density at radius 1 is 1.41 bits per heavy atom. The lowest BCUT2D eigenvalue weighted by Crippen LogP contribution is -2.39. The van der Waals surface area contributed by atoms with Crippen LogP contribution in [0.25, 0.3) is 0 Å². The maximum absolute atomic E-state index is 12.5. The smallest absolute Gasteiger partial charge is 0.313 e. The maximum atomic E-state index is 12.5. The zero-order valence-corrected chi connectivity index (χ0v) is 11.9. The van der Waals surface area contributed by atoms with Crippen molar-refractivity contribution in [2.75, 3.05) is 6.61 Å². The Hall–Kier alpha value is -0.530. The topological polar surface area (TPSA) is 26.3 Å². The van der Waals surface area contributed by atoms with Gasteiger partial charge in [0.25, 0.3) is 0 Å². The van der Waals surface area contributed by atoms with Gasteiger partial charge in [-0.15, -0.1) is 0 Å². The molecule has 0 bridgehead atoms. The van der Waals surface area contributed by atoms with Crippen LogP contribution in [0.15, 0.2) is 0 Å². The van der Waals surface area contributed by atoms with E-state index in [2.05, 4.69) is 34.6 Å². The van der Waals surface area contributed by atoms with E-state index in [1.807, 2.05) is 0 Å². The predicted octanol–water partition coefficient (Wildman–Crippen LogP) is 3.65. The van der Waals surface area contributed by atoms with Gasteiger partial charge in [-0.2, -0.15) is 0 Å². The van der Waals surface area contributed by atoms with Crippen molar-refractivity contribution in [2.45, 2.75) is 53.9 Å². The number of carbonyl (C=O) groups is 1. The number of fused-ring (bicyclic) bond motifs is 1. The van der Waals surface area contributed by atoms with Crippen molar-refractivity contribution < 1.29 is 9.53 Å². The van der Waals surface area contributed by atoms with E-state index in [0.29, 0.717) is 24.4 Å². The van der Waals surface area contributed by atoms with Crippen LogP contribution in [0.5, 0.6) is 0 Å². The number of ether oxygens (including phenoxy) is 1. The fourth-order valence-electron chi connectivity index (χ4n) is 4.19. The minimum absolute atomic E-state index is 0.0772. The number of hydrogen-bond donors (Lipinski definition) is 0. The van der Waals surface area contributed by atoms with Gasteiger partial charge in [0.05, 0.1) is 12.0 Å². The van der Waals surface area contributed by atoms with Crippen molar-refractivity contribution in [3.05, 3.63) is 0 Å². The van der Waals surface area contributed by atoms with E-state index in [1.54, 1.807) is 0 Å². The SMILES string of the molecule is CC(C)COC(=O)C12C(C)[C@H]1CCCC2(C)C. The molecule has 2 aliphatic rings. The highest BCUT2D eigenvalue weighted by Gasteiger charge is 2.75. The van der Waals surface area contributed by atoms with E-state index in [1.165, 1.54) is 12.8 Å². The van der Waals surface area contributed by atoms with E-state index in [4.69, 9.17) is 4.74 Å². The van der Waals surface area contributed by atoms with Gasteiger partial charge in [-0.1, -0.05) is 41.0 Å². The van der Waals surface area contributed by atoms with Crippen LogP contribution in [0.2, 0.25) is 0 Å². The zero-order valence-electron chi connectivity index (χ0n) is 11.9. The molecule has 0 saturated heterocycles. The normalized spacial score (nSPS) is 38.7. The van der Waals surface area contributed by atoms with E-state index >= 15 is 0 Å². The molecule has 0 heterocycles. The zero-order chi connectivity index (χ0) is 12.8. The lowest BCUT2D eigenvalue weighted by atomic mass is 9.67. The Balaban J connectivity index is 2.14. The summed E-state index contributed by atoms with van der Waals surface area (Å²) in [7, 11) is 0. The van der Waals surface area contributed by atoms with Gasteiger partial charge in [0.2, 0.25) is 0 Å². The molecule has 98 valence electrons. The molecule has 2 heteroatoms. The second-order valence-electron chi connectivity index (χ2n) is 7.03. The average molecular weight is 238 g/mol. The Kier molecular flexibility index (Phi) is 3.04. The highest BCUT2D eigenvalue weighted by Crippen LogP contribution is 2.73. The Bertz CT molecular complexity index is 319. The molecular formula is C15H26O2. The highest BCUT2D eigenvalue weighted by atomic mass is 16.5. The largest absolute Gasteiger partial charge is 0.465 e. The standard InChI is InChI=1S/C15H26O2/c1-10(2)9-17-13(16)15-11(3)12(15)7-6-8-14(15,4)5/h10-12H,6-9H2,1-5H3/t11?,12-,15?/m1/s1. The van der Waals surface area contributed by atoms with Gasteiger partial charge in [-0.25, -0.2) is 0 Å². The first kappa shape index (κ1) is 12.9. The summed E-state index contributed by atoms with van der Waals surface area (Å²) < 4.78 is 5.55. The summed E-state index contributed by atoms with van der Waals surface area (Å²) in [6.45, 7) is 11.5. The molecule has 2 nitrogen and oxygen atoms in total. The van der Waals surface area contributed by atoms with E-state index in [9.17, 15) is 4.79 Å². The monoisotopic (exact) mass is 238 g/mol. The van der Waals surface area contributed by atoms with Crippen LogP contribution in [0.4, 0.5) is 0 Å². The minimum Gasteiger partial charge on any atom is -0.465 e. The molecule has 0 aromatic heterocycles. The summed E-state index contributed by atoms with van der Waals surface area (Å²) in [6, 6.07) is 0. The van der Waals surface area contributed by atoms with Gasteiger partial charge in [0.15, 0.2) is 0 Å². The molecule has 0 amide bonds. The second-order valence-corrected chi connectivity index (χ2v) is 7.03. The van der Waals surface area contributed by atoms with E-state index < -0.39 is 0 Å². The quantitative estimate of drug-likeness (QED) is 0.702. The first-order chi connectivity index (χ1) is 7.84. The average Bonchev–Trinajstić information content (AvgIpc) is 2.83. The van der Waals surface area contributed by atoms with E-state index in [0.717, 1.165) is 6.42 Å². The van der Waals surface area contributed by atoms with E-state index in [-0.39, 0.29) is 16.8 Å². The first-order valence-electron chi connectivity index (χ1n) is 7.01. The Morgan fingerprint density at radius 2 is 2.06 bits per heavy atom. The lowest BCUT2D eigenvalue weighted by molar-refractivity contribution is -0.159. The number of carbonyl (C=O) groups excluding carboxylic acids is 1. The molecule has 3 atom stereocenters. The molecule has 2 rings (SSSR count). The molecule has 0 aromatic rings. The molecule has 0 radical (unpaired) electrons. The molecule has 0 aliphatic heterocycles. The molecule has 2 unspecified atom stereocenters. The summed E-state index contributed by atoms with van der Waals surface area (Å²) in [6.07, 6.45) is 3.63. The third-order valence-electron chi connectivity index (χ3n) is 5.12. The minimum atomic E-state index is -0.167. The van der Waals surface area contributed by atoms with Crippen LogP contribution in [0.1, 0.15) is 53.9 Å². The third kappa shape index (κ3) is 1.71. The molecule has 2 aliphatic carbocycles. The fraction of sp³-hybridized carbons (Fsp3) is 0.933. The first-order valence-corrected chi connectivity index (χ1v) is 7.01. The van der Waals surface area contributed by atoms with Crippen LogP contribution >= 0.6 is 0 Å². The van der Waals surface area contributed by atoms with Crippen molar-refractivity contribution in [1.29, 1.82) is 0 Å². The molecular weight excluding hydrogens is 212 g/mol. The van der Waals surface area contributed by atoms with Crippen molar-refractivity contribution >= 4 is 5.97 Å². The molecule has 2 saturated carbocycles. The van der Waals surface area contributed by atoms with Crippen molar-refractivity contribution in [3.8, 4) is 0 Å². The summed E-state index contributed by atoms with van der Waals surface area (Å²) in [5.41, 5.74) is -0.0520. The summed E-state index contributed by atoms with van der Waals surface area (Å²) in [5, 5.41) is 0. The Labute approximate surface area is 105 Å². The van der Waals surface area contributed by atoms with Gasteiger partial charge >= 0.3 is 5.97 Å². The fourth-order valence-corrected chi connectivity index (χ4v) is 4.19. The number of hydrogen-bond acceptors (Lipinski definition) is 2. The van der Waals surface area contributed by atoms with Gasteiger partial charge in [0, 0.05) is 0 Å². The van der Waals surface area contributed by atoms with Gasteiger partial charge in [-0.3, -0.25) is 4.79 Å². The highest BCUT2D eigenvalue weighted by molar-refractivity contribution is 5.83. The molecule has 2 fully saturated rings. The van der Waals surface area contributed by atoms with Crippen LogP contribution in [0.3, 0.4) is 0 Å². The summed E-state index contributed by atoms with van der Waals surface area (Å²) >= 11 is 0. The van der Waals surface area contributed by atoms with Gasteiger partial charge in [0.1, 0.15) is 0 Å². The van der Waals surface area contributed by atoms with Crippen LogP contribution in [-0.4, -0.2) is 12.6 Å². The van der Waals surface area contributed by atoms with Crippen LogP contribution in [-0.2, 0) is 9.53 Å². The summed E-state index contributed by atoms with van der Waals surface area (Å²) in [4.78, 5) is 12.5. The van der Waals surface area contributed by atoms with Gasteiger partial charge in [-0.05, 0) is 36.0 Å². The predicted molar refractivity (Wildman–Crippen MR) is 68.5 cm³/mol. The van der Waals surface area contributed by atoms with Crippen molar-refractivity contribution in [1.82, 2.24) is 0 Å². The Morgan fingerprint density at radius 3 is 2.59 bits per heavy atom. The van der Waals surface area contributed by atoms with Crippen molar-refractivity contribution in [2.24, 2.45) is 28.6 Å². The lowest BCUT2D eigenvalue weighted by Gasteiger charge is -2.38. The molecule has 0 aromatic carbocycles. The van der Waals surface area contributed by atoms with Crippen LogP contribution in [0, 0.1) is 28.6 Å². The number of esters is 1. The maximum Gasteiger partial charge on any atom is 0.313 e. The third-order valence-corrected chi connectivity index (χ3v) is 5.12. The second kappa shape index (κ2) is 4.00. The molecule has 17 heavy (non-hydrogen) atoms. The van der Waals surface area contributed by atoms with Gasteiger partial charge < -0.3 is 4.74 Å².